The minimum Gasteiger partial charge on any atom is -0.497 e. The molecule has 0 atom stereocenters. The van der Waals surface area contributed by atoms with E-state index in [2.05, 4.69) is 58.3 Å². The number of hydrogen-bond donors (Lipinski definition) is 1. The summed E-state index contributed by atoms with van der Waals surface area (Å²) in [6.07, 6.45) is 5.40. The minimum atomic E-state index is -1.58. The second-order valence-electron chi connectivity index (χ2n) is 14.7. The van der Waals surface area contributed by atoms with Gasteiger partial charge in [-0.3, -0.25) is 4.98 Å². The Morgan fingerprint density at radius 3 is 2.09 bits per heavy atom. The molecule has 6 aromatic carbocycles. The largest absolute Gasteiger partial charge is 0.497 e. The summed E-state index contributed by atoms with van der Waals surface area (Å²) in [6, 6.07) is 44.4. The van der Waals surface area contributed by atoms with Crippen molar-refractivity contribution >= 4 is 38.7 Å². The van der Waals surface area contributed by atoms with E-state index in [1.54, 1.807) is 62.9 Å². The summed E-state index contributed by atoms with van der Waals surface area (Å²) >= 11 is 0. The van der Waals surface area contributed by atoms with E-state index in [0.717, 1.165) is 51.5 Å². The molecule has 9 aromatic rings. The van der Waals surface area contributed by atoms with E-state index >= 15 is 0 Å². The van der Waals surface area contributed by atoms with Crippen LogP contribution in [-0.2, 0) is 13.0 Å². The van der Waals surface area contributed by atoms with Crippen LogP contribution in [0.1, 0.15) is 41.3 Å². The molecule has 0 saturated carbocycles. The Kier molecular flexibility index (Phi) is 15.2. The second kappa shape index (κ2) is 21.9. The molecule has 0 amide bonds. The zero-order valence-corrected chi connectivity index (χ0v) is 36.2. The van der Waals surface area contributed by atoms with E-state index in [1.165, 1.54) is 42.2 Å². The fraction of sp³-hybridized carbons (Fsp3) is 0.132. The van der Waals surface area contributed by atoms with Gasteiger partial charge < -0.3 is 28.8 Å². The molecule has 0 spiro atoms. The summed E-state index contributed by atoms with van der Waals surface area (Å²) in [5.74, 6) is -2.55. The number of pyridine rings is 3. The first-order chi connectivity index (χ1) is 32.1. The summed E-state index contributed by atoms with van der Waals surface area (Å²) in [5.41, 5.74) is 5.03. The number of nitrogens with zero attached hydrogens (tertiary/aromatic N) is 3. The highest BCUT2D eigenvalue weighted by Gasteiger charge is 2.16. The van der Waals surface area contributed by atoms with Crippen LogP contribution in [0.3, 0.4) is 0 Å². The van der Waals surface area contributed by atoms with Gasteiger partial charge in [-0.05, 0) is 109 Å². The first-order valence-corrected chi connectivity index (χ1v) is 20.9. The monoisotopic (exact) mass is 891 g/mol. The number of fused-ring (bicyclic) bond motifs is 3. The van der Waals surface area contributed by atoms with Crippen LogP contribution < -0.4 is 23.7 Å². The van der Waals surface area contributed by atoms with Gasteiger partial charge in [-0.1, -0.05) is 61.9 Å². The van der Waals surface area contributed by atoms with Crippen molar-refractivity contribution in [3.05, 3.63) is 192 Å². The number of benzene rings is 6. The quantitative estimate of drug-likeness (QED) is 0.112. The minimum absolute atomic E-state index is 0.0718. The first-order valence-electron chi connectivity index (χ1n) is 20.9. The molecule has 0 bridgehead atoms. The molecule has 1 N–H and O–H groups in total. The molecule has 0 fully saturated rings. The van der Waals surface area contributed by atoms with Crippen LogP contribution in [0.4, 0.5) is 13.2 Å². The number of unbranched alkanes of at least 4 members (excludes halogenated alkanes) is 1. The van der Waals surface area contributed by atoms with Crippen LogP contribution in [-0.4, -0.2) is 40.2 Å². The molecule has 10 nitrogen and oxygen atoms in total. The van der Waals surface area contributed by atoms with Crippen LogP contribution in [0.5, 0.6) is 40.5 Å². The van der Waals surface area contributed by atoms with Gasteiger partial charge in [-0.25, -0.2) is 23.5 Å². The van der Waals surface area contributed by atoms with Gasteiger partial charge in [-0.2, -0.15) is 4.39 Å². The number of rotatable bonds is 13. The molecule has 0 radical (unpaired) electrons. The van der Waals surface area contributed by atoms with Crippen LogP contribution in [0, 0.1) is 17.5 Å². The van der Waals surface area contributed by atoms with Crippen LogP contribution in [0.15, 0.2) is 158 Å². The smallest absolute Gasteiger partial charge is 0.335 e. The number of para-hydroxylation sites is 1. The number of carboxylic acid groups (broad SMARTS) is 1. The number of aromatic carboxylic acids is 1. The average molecular weight is 892 g/mol. The maximum Gasteiger partial charge on any atom is 0.335 e. The van der Waals surface area contributed by atoms with Gasteiger partial charge in [0.1, 0.15) is 35.1 Å². The molecular formula is C53H44F3N3O7. The van der Waals surface area contributed by atoms with Crippen LogP contribution >= 0.6 is 0 Å². The molecule has 13 heteroatoms. The Labute approximate surface area is 378 Å². The van der Waals surface area contributed by atoms with Gasteiger partial charge >= 0.3 is 5.97 Å². The lowest BCUT2D eigenvalue weighted by Gasteiger charge is -2.09. The fourth-order valence-electron chi connectivity index (χ4n) is 6.65. The topological polar surface area (TPSA) is 122 Å². The van der Waals surface area contributed by atoms with Crippen molar-refractivity contribution in [2.45, 2.75) is 32.8 Å². The van der Waals surface area contributed by atoms with E-state index in [9.17, 15) is 18.0 Å². The number of ether oxygens (including phenoxy) is 5. The van der Waals surface area contributed by atoms with Crippen molar-refractivity contribution in [1.82, 2.24) is 15.0 Å². The summed E-state index contributed by atoms with van der Waals surface area (Å²) in [4.78, 5) is 24.0. The maximum absolute atomic E-state index is 13.6. The molecule has 3 heterocycles. The fourth-order valence-corrected chi connectivity index (χ4v) is 6.65. The molecule has 0 aliphatic heterocycles. The molecule has 66 heavy (non-hydrogen) atoms. The van der Waals surface area contributed by atoms with Crippen LogP contribution in [0.2, 0.25) is 0 Å². The van der Waals surface area contributed by atoms with Crippen molar-refractivity contribution in [2.75, 3.05) is 14.2 Å². The Morgan fingerprint density at radius 1 is 0.591 bits per heavy atom. The third-order valence-corrected chi connectivity index (χ3v) is 10.1. The predicted molar refractivity (Wildman–Crippen MR) is 248 cm³/mol. The number of aromatic nitrogens is 3. The van der Waals surface area contributed by atoms with Crippen molar-refractivity contribution < 1.29 is 46.8 Å². The van der Waals surface area contributed by atoms with Crippen molar-refractivity contribution in [3.8, 4) is 40.5 Å². The predicted octanol–water partition coefficient (Wildman–Crippen LogP) is 13.3. The van der Waals surface area contributed by atoms with Crippen molar-refractivity contribution in [2.24, 2.45) is 0 Å². The third-order valence-electron chi connectivity index (χ3n) is 10.1. The van der Waals surface area contributed by atoms with Crippen LogP contribution in [0.25, 0.3) is 32.7 Å². The molecule has 0 unspecified atom stereocenters. The number of halogens is 3. The Balaban J connectivity index is 0.000000147. The number of hydrogen-bond acceptors (Lipinski definition) is 9. The number of carboxylic acids is 1. The van der Waals surface area contributed by atoms with Crippen molar-refractivity contribution in [3.63, 3.8) is 0 Å². The van der Waals surface area contributed by atoms with Crippen molar-refractivity contribution in [1.29, 1.82) is 0 Å². The first kappa shape index (κ1) is 45.8. The summed E-state index contributed by atoms with van der Waals surface area (Å²) < 4.78 is 66.7. The molecular weight excluding hydrogens is 848 g/mol. The van der Waals surface area contributed by atoms with E-state index in [0.29, 0.717) is 35.3 Å². The van der Waals surface area contributed by atoms with Gasteiger partial charge in [-0.15, -0.1) is 0 Å². The van der Waals surface area contributed by atoms with Gasteiger partial charge in [0.2, 0.25) is 17.6 Å². The Bertz CT molecular complexity index is 3110. The molecule has 0 saturated heterocycles. The molecule has 334 valence electrons. The lowest BCUT2D eigenvalue weighted by atomic mass is 10.1. The van der Waals surface area contributed by atoms with Gasteiger partial charge in [0.15, 0.2) is 17.4 Å². The highest BCUT2D eigenvalue weighted by atomic mass is 19.2. The maximum atomic E-state index is 13.6. The normalized spacial score (nSPS) is 10.6. The lowest BCUT2D eigenvalue weighted by Crippen LogP contribution is -1.98. The molecule has 9 rings (SSSR count). The molecule has 0 aliphatic rings. The zero-order chi connectivity index (χ0) is 46.4. The number of methoxy groups -OCH3 is 2. The SMILES string of the molecule is CCCCc1cccc(COc2cccc3cccnc23)c1.COc1ccc2ccc(Oc3cccc(C(=O)O)c3)nc2c1.COc1ccc2nc(Oc3ccc(F)c(F)c3F)ccc2c1. The molecule has 0 aliphatic carbocycles. The lowest BCUT2D eigenvalue weighted by molar-refractivity contribution is 0.0696. The average Bonchev–Trinajstić information content (AvgIpc) is 3.35. The van der Waals surface area contributed by atoms with E-state index < -0.39 is 29.2 Å². The standard InChI is InChI=1S/C20H21NO.C17H13NO4.C16H10F3NO2/c1-2-3-7-16-8-4-9-17(14-16)15-22-19-12-5-10-18-11-6-13-21-20(18)19;1-21-13-7-5-11-6-8-16(18-15(11)10-13)22-14-4-2-3-12(9-14)17(19)20;1-21-10-3-5-12-9(8-10)2-7-14(20-12)22-13-6-4-11(17)15(18)16(13)19/h4-6,8-14H,2-3,7,15H2,1H3;2-10H,1H3,(H,19,20);2-8H,1H3. The van der Waals surface area contributed by atoms with E-state index in [-0.39, 0.29) is 11.4 Å². The van der Waals surface area contributed by atoms with E-state index in [1.807, 2.05) is 42.5 Å². The second-order valence-corrected chi connectivity index (χ2v) is 14.7. The summed E-state index contributed by atoms with van der Waals surface area (Å²) in [6.45, 7) is 2.80. The number of aryl methyl sites for hydroxylation is 1. The van der Waals surface area contributed by atoms with Gasteiger partial charge in [0.25, 0.3) is 0 Å². The number of carbonyl (C=O) groups is 1. The molecule has 3 aromatic heterocycles. The van der Waals surface area contributed by atoms with Gasteiger partial charge in [0.05, 0.1) is 30.8 Å². The third kappa shape index (κ3) is 11.9. The van der Waals surface area contributed by atoms with E-state index in [4.69, 9.17) is 28.8 Å². The highest BCUT2D eigenvalue weighted by Crippen LogP contribution is 2.30. The summed E-state index contributed by atoms with van der Waals surface area (Å²) in [5, 5.41) is 11.9. The summed E-state index contributed by atoms with van der Waals surface area (Å²) in [7, 11) is 3.15. The Hall–Kier alpha value is -8.19. The highest BCUT2D eigenvalue weighted by molar-refractivity contribution is 5.88. The zero-order valence-electron chi connectivity index (χ0n) is 36.2. The Morgan fingerprint density at radius 2 is 1.29 bits per heavy atom. The van der Waals surface area contributed by atoms with Gasteiger partial charge in [0, 0.05) is 40.6 Å².